The molecule has 0 spiro atoms. The standard InChI is InChI=1S/C17H13ClF9N3/c1-2-3-6-30-13(18)8-12(17(25,26)27)29-14(30)28-11-5-4-9(15(19,20)21)7-10(11)16(22,23)24/h4-5,7-8H,2-3,6H2,1H3. The Balaban J connectivity index is 2.82. The molecule has 1 heterocycles. The molecule has 0 aliphatic heterocycles. The Hall–Kier alpha value is -2.24. The Bertz CT molecular complexity index is 972. The van der Waals surface area contributed by atoms with Crippen LogP contribution in [0.25, 0.3) is 0 Å². The maximum absolute atomic E-state index is 13.3. The highest BCUT2D eigenvalue weighted by Crippen LogP contribution is 2.40. The van der Waals surface area contributed by atoms with Crippen LogP contribution in [0.5, 0.6) is 0 Å². The van der Waals surface area contributed by atoms with Crippen molar-refractivity contribution in [3.8, 4) is 0 Å². The maximum atomic E-state index is 13.3. The van der Waals surface area contributed by atoms with Crippen LogP contribution in [0, 0.1) is 0 Å². The molecule has 3 nitrogen and oxygen atoms in total. The summed E-state index contributed by atoms with van der Waals surface area (Å²) in [6, 6.07) is 1.10. The summed E-state index contributed by atoms with van der Waals surface area (Å²) in [5, 5.41) is -0.481. The molecule has 0 saturated heterocycles. The van der Waals surface area contributed by atoms with Crippen molar-refractivity contribution in [3.63, 3.8) is 0 Å². The van der Waals surface area contributed by atoms with Gasteiger partial charge in [0.25, 0.3) is 0 Å². The summed E-state index contributed by atoms with van der Waals surface area (Å²) < 4.78 is 118. The number of nitrogens with zero attached hydrogens (tertiary/aromatic N) is 3. The van der Waals surface area contributed by atoms with E-state index in [2.05, 4.69) is 9.98 Å². The molecule has 0 radical (unpaired) electrons. The van der Waals surface area contributed by atoms with Gasteiger partial charge in [0.2, 0.25) is 5.62 Å². The number of benzene rings is 1. The van der Waals surface area contributed by atoms with Crippen LogP contribution in [-0.4, -0.2) is 9.55 Å². The van der Waals surface area contributed by atoms with Crippen molar-refractivity contribution in [3.05, 3.63) is 51.9 Å². The summed E-state index contributed by atoms with van der Waals surface area (Å²) in [4.78, 5) is 6.74. The van der Waals surface area contributed by atoms with Crippen LogP contribution in [0.2, 0.25) is 5.15 Å². The van der Waals surface area contributed by atoms with Crippen molar-refractivity contribution >= 4 is 17.3 Å². The highest BCUT2D eigenvalue weighted by molar-refractivity contribution is 6.29. The summed E-state index contributed by atoms with van der Waals surface area (Å²) in [5.74, 6) is 0. The number of alkyl halides is 9. The van der Waals surface area contributed by atoms with Gasteiger partial charge >= 0.3 is 18.5 Å². The lowest BCUT2D eigenvalue weighted by Gasteiger charge is -2.15. The summed E-state index contributed by atoms with van der Waals surface area (Å²) in [6.45, 7) is 1.74. The van der Waals surface area contributed by atoms with E-state index in [9.17, 15) is 39.5 Å². The Morgan fingerprint density at radius 3 is 2.07 bits per heavy atom. The highest BCUT2D eigenvalue weighted by Gasteiger charge is 2.38. The Labute approximate surface area is 168 Å². The number of rotatable bonds is 4. The number of unbranched alkanes of at least 4 members (excludes halogenated alkanes) is 1. The van der Waals surface area contributed by atoms with Crippen LogP contribution < -0.4 is 5.62 Å². The van der Waals surface area contributed by atoms with Crippen molar-refractivity contribution < 1.29 is 39.5 Å². The van der Waals surface area contributed by atoms with Gasteiger partial charge in [0, 0.05) is 12.6 Å². The van der Waals surface area contributed by atoms with Crippen LogP contribution in [0.3, 0.4) is 0 Å². The van der Waals surface area contributed by atoms with Crippen LogP contribution >= 0.6 is 11.6 Å². The fourth-order valence-corrected chi connectivity index (χ4v) is 2.65. The van der Waals surface area contributed by atoms with Gasteiger partial charge in [-0.15, -0.1) is 0 Å². The predicted octanol–water partition coefficient (Wildman–Crippen LogP) is 6.63. The summed E-state index contributed by atoms with van der Waals surface area (Å²) in [5.41, 5.74) is -6.69. The molecule has 0 saturated carbocycles. The number of halogens is 10. The van der Waals surface area contributed by atoms with Gasteiger partial charge in [-0.05, 0) is 24.6 Å². The zero-order valence-electron chi connectivity index (χ0n) is 15.1. The molecule has 13 heteroatoms. The molecule has 0 N–H and O–H groups in total. The number of aromatic nitrogens is 2. The zero-order valence-corrected chi connectivity index (χ0v) is 15.8. The van der Waals surface area contributed by atoms with Gasteiger partial charge < -0.3 is 4.57 Å². The van der Waals surface area contributed by atoms with E-state index in [1.54, 1.807) is 6.92 Å². The van der Waals surface area contributed by atoms with Gasteiger partial charge in [0.15, 0.2) is 5.69 Å². The topological polar surface area (TPSA) is 30.2 Å². The van der Waals surface area contributed by atoms with Gasteiger partial charge in [-0.3, -0.25) is 0 Å². The first-order valence-electron chi connectivity index (χ1n) is 8.32. The first-order chi connectivity index (χ1) is 13.6. The van der Waals surface area contributed by atoms with E-state index < -0.39 is 51.8 Å². The quantitative estimate of drug-likeness (QED) is 0.368. The Morgan fingerprint density at radius 1 is 0.933 bits per heavy atom. The molecule has 2 aromatic rings. The van der Waals surface area contributed by atoms with Gasteiger partial charge in [0.1, 0.15) is 5.15 Å². The normalized spacial score (nSPS) is 13.8. The maximum Gasteiger partial charge on any atom is 0.433 e. The molecule has 0 bridgehead atoms. The smallest absolute Gasteiger partial charge is 0.301 e. The van der Waals surface area contributed by atoms with E-state index in [1.165, 1.54) is 0 Å². The van der Waals surface area contributed by atoms with Crippen molar-refractivity contribution in [2.24, 2.45) is 4.99 Å². The third-order valence-electron chi connectivity index (χ3n) is 3.85. The highest BCUT2D eigenvalue weighted by atomic mass is 35.5. The fraction of sp³-hybridized carbons (Fsp3) is 0.412. The third kappa shape index (κ3) is 5.67. The molecule has 166 valence electrons. The molecule has 0 unspecified atom stereocenters. The van der Waals surface area contributed by atoms with Crippen molar-refractivity contribution in [1.29, 1.82) is 0 Å². The van der Waals surface area contributed by atoms with Crippen LogP contribution in [0.15, 0.2) is 29.3 Å². The molecule has 30 heavy (non-hydrogen) atoms. The van der Waals surface area contributed by atoms with E-state index in [4.69, 9.17) is 11.6 Å². The Kier molecular flexibility index (Phi) is 6.79. The van der Waals surface area contributed by atoms with Crippen molar-refractivity contribution in [1.82, 2.24) is 9.55 Å². The van der Waals surface area contributed by atoms with Crippen LogP contribution in [-0.2, 0) is 25.1 Å². The van der Waals surface area contributed by atoms with E-state index in [0.29, 0.717) is 31.0 Å². The second kappa shape index (κ2) is 8.48. The first-order valence-corrected chi connectivity index (χ1v) is 8.70. The summed E-state index contributed by atoms with van der Waals surface area (Å²) in [7, 11) is 0. The fourth-order valence-electron chi connectivity index (χ4n) is 2.38. The molecular weight excluding hydrogens is 453 g/mol. The summed E-state index contributed by atoms with van der Waals surface area (Å²) >= 11 is 5.85. The molecule has 0 aliphatic carbocycles. The molecule has 0 atom stereocenters. The first kappa shape index (κ1) is 24.0. The van der Waals surface area contributed by atoms with E-state index >= 15 is 0 Å². The SMILES string of the molecule is CCCCn1c(Cl)cc(C(F)(F)F)nc1=Nc1ccc(C(F)(F)F)cc1C(F)(F)F. The molecular formula is C17H13ClF9N3. The minimum atomic E-state index is -5.25. The lowest BCUT2D eigenvalue weighted by atomic mass is 10.1. The van der Waals surface area contributed by atoms with Gasteiger partial charge in [-0.2, -0.15) is 39.5 Å². The van der Waals surface area contributed by atoms with Gasteiger partial charge in [0.05, 0.1) is 16.8 Å². The van der Waals surface area contributed by atoms with Crippen LogP contribution in [0.4, 0.5) is 45.2 Å². The molecule has 2 rings (SSSR count). The van der Waals surface area contributed by atoms with Gasteiger partial charge in [-0.25, -0.2) is 9.98 Å². The zero-order chi connectivity index (χ0) is 22.9. The lowest BCUT2D eigenvalue weighted by Crippen LogP contribution is -2.29. The second-order valence-electron chi connectivity index (χ2n) is 6.11. The molecule has 1 aromatic heterocycles. The molecule has 1 aromatic carbocycles. The monoisotopic (exact) mass is 465 g/mol. The van der Waals surface area contributed by atoms with Crippen molar-refractivity contribution in [2.45, 2.75) is 44.8 Å². The largest absolute Gasteiger partial charge is 0.433 e. The van der Waals surface area contributed by atoms with Crippen LogP contribution in [0.1, 0.15) is 36.6 Å². The third-order valence-corrected chi connectivity index (χ3v) is 4.16. The molecule has 0 fully saturated rings. The number of hydrogen-bond donors (Lipinski definition) is 0. The summed E-state index contributed by atoms with van der Waals surface area (Å²) in [6.07, 6.45) is -14.3. The average Bonchev–Trinajstić information content (AvgIpc) is 2.58. The average molecular weight is 466 g/mol. The van der Waals surface area contributed by atoms with Crippen molar-refractivity contribution in [2.75, 3.05) is 0 Å². The second-order valence-corrected chi connectivity index (χ2v) is 6.49. The van der Waals surface area contributed by atoms with Gasteiger partial charge in [-0.1, -0.05) is 24.9 Å². The Morgan fingerprint density at radius 2 is 1.57 bits per heavy atom. The van der Waals surface area contributed by atoms with E-state index in [-0.39, 0.29) is 12.6 Å². The molecule has 0 aliphatic rings. The minimum Gasteiger partial charge on any atom is -0.301 e. The van der Waals surface area contributed by atoms with E-state index in [1.807, 2.05) is 0 Å². The predicted molar refractivity (Wildman–Crippen MR) is 88.8 cm³/mol. The van der Waals surface area contributed by atoms with E-state index in [0.717, 1.165) is 4.57 Å². The number of hydrogen-bond acceptors (Lipinski definition) is 2. The molecule has 0 amide bonds. The lowest BCUT2D eigenvalue weighted by molar-refractivity contribution is -0.143. The minimum absolute atomic E-state index is 0.0126.